The van der Waals surface area contributed by atoms with Crippen LogP contribution in [-0.2, 0) is 5.41 Å². The van der Waals surface area contributed by atoms with E-state index in [2.05, 4.69) is 42.5 Å². The van der Waals surface area contributed by atoms with Crippen molar-refractivity contribution < 1.29 is 0 Å². The Balaban J connectivity index is 1.72. The summed E-state index contributed by atoms with van der Waals surface area (Å²) in [6.45, 7) is 0. The Morgan fingerprint density at radius 1 is 1.00 bits per heavy atom. The van der Waals surface area contributed by atoms with Gasteiger partial charge in [-0.2, -0.15) is 5.26 Å². The van der Waals surface area contributed by atoms with E-state index in [0.717, 1.165) is 36.5 Å². The van der Waals surface area contributed by atoms with Gasteiger partial charge in [0.15, 0.2) is 0 Å². The van der Waals surface area contributed by atoms with Gasteiger partial charge in [-0.1, -0.05) is 42.5 Å². The van der Waals surface area contributed by atoms with Crippen LogP contribution in [-0.4, -0.2) is 0 Å². The molecule has 18 heavy (non-hydrogen) atoms. The van der Waals surface area contributed by atoms with Crippen molar-refractivity contribution in [1.29, 1.82) is 5.26 Å². The quantitative estimate of drug-likeness (QED) is 0.681. The minimum Gasteiger partial charge on any atom is -0.197 e. The number of rotatable bonds is 1. The van der Waals surface area contributed by atoms with Gasteiger partial charge in [-0.05, 0) is 48.5 Å². The number of allylic oxidation sites excluding steroid dienone is 2. The maximum absolute atomic E-state index is 9.75. The lowest BCUT2D eigenvalue weighted by molar-refractivity contribution is 0.364. The smallest absolute Gasteiger partial charge is 0.0828 e. The molecule has 0 heterocycles. The number of benzene rings is 1. The van der Waals surface area contributed by atoms with E-state index in [-0.39, 0.29) is 5.41 Å². The van der Waals surface area contributed by atoms with Crippen molar-refractivity contribution >= 4 is 0 Å². The maximum Gasteiger partial charge on any atom is 0.0828 e. The molecule has 0 aromatic heterocycles. The predicted molar refractivity (Wildman–Crippen MR) is 70.7 cm³/mol. The third kappa shape index (κ3) is 1.21. The number of hydrogen-bond acceptors (Lipinski definition) is 1. The monoisotopic (exact) mass is 235 g/mol. The molecular formula is C17H17N. The SMILES string of the molecule is N#CC1(c2ccccc2)C[C@@H]2[C@@H](C1)[C@H]1C=C[C@H]2C1. The molecule has 0 spiro atoms. The molecule has 1 heteroatoms. The number of nitriles is 1. The lowest BCUT2D eigenvalue weighted by atomic mass is 9.77. The zero-order chi connectivity index (χ0) is 12.2. The zero-order valence-corrected chi connectivity index (χ0v) is 10.4. The van der Waals surface area contributed by atoms with E-state index in [1.165, 1.54) is 12.0 Å². The highest BCUT2D eigenvalue weighted by Crippen LogP contribution is 2.61. The van der Waals surface area contributed by atoms with Gasteiger partial charge in [-0.15, -0.1) is 0 Å². The minimum atomic E-state index is -0.209. The first-order valence-corrected chi connectivity index (χ1v) is 6.97. The van der Waals surface area contributed by atoms with Crippen LogP contribution in [0.2, 0.25) is 0 Å². The molecule has 0 saturated heterocycles. The lowest BCUT2D eigenvalue weighted by Crippen LogP contribution is -2.21. The highest BCUT2D eigenvalue weighted by molar-refractivity contribution is 5.36. The summed E-state index contributed by atoms with van der Waals surface area (Å²) in [5.41, 5.74) is 1.03. The summed E-state index contributed by atoms with van der Waals surface area (Å²) < 4.78 is 0. The van der Waals surface area contributed by atoms with Gasteiger partial charge in [0.1, 0.15) is 0 Å². The fraction of sp³-hybridized carbons (Fsp3) is 0.471. The van der Waals surface area contributed by atoms with Crippen molar-refractivity contribution in [2.45, 2.75) is 24.7 Å². The van der Waals surface area contributed by atoms with Crippen LogP contribution in [0, 0.1) is 35.0 Å². The Labute approximate surface area is 108 Å². The van der Waals surface area contributed by atoms with E-state index in [1.54, 1.807) is 0 Å². The van der Waals surface area contributed by atoms with Gasteiger partial charge in [-0.25, -0.2) is 0 Å². The Morgan fingerprint density at radius 3 is 2.17 bits per heavy atom. The van der Waals surface area contributed by atoms with E-state index in [0.29, 0.717) is 0 Å². The second-order valence-corrected chi connectivity index (χ2v) is 6.24. The second kappa shape index (κ2) is 3.48. The van der Waals surface area contributed by atoms with Gasteiger partial charge in [-0.3, -0.25) is 0 Å². The lowest BCUT2D eigenvalue weighted by Gasteiger charge is -2.23. The van der Waals surface area contributed by atoms with Gasteiger partial charge < -0.3 is 0 Å². The van der Waals surface area contributed by atoms with E-state index >= 15 is 0 Å². The van der Waals surface area contributed by atoms with E-state index in [9.17, 15) is 5.26 Å². The summed E-state index contributed by atoms with van der Waals surface area (Å²) in [6.07, 6.45) is 8.31. The highest BCUT2D eigenvalue weighted by atomic mass is 14.6. The minimum absolute atomic E-state index is 0.209. The Hall–Kier alpha value is -1.55. The summed E-state index contributed by atoms with van der Waals surface area (Å²) in [4.78, 5) is 0. The van der Waals surface area contributed by atoms with Crippen LogP contribution >= 0.6 is 0 Å². The molecule has 0 aliphatic heterocycles. The molecule has 90 valence electrons. The molecule has 4 rings (SSSR count). The molecule has 0 unspecified atom stereocenters. The standard InChI is InChI=1S/C17H17N/c18-11-17(14-4-2-1-3-5-14)9-15-12-6-7-13(8-12)16(15)10-17/h1-7,12-13,15-16H,8-10H2/t12-,13-,15-,16-/m0/s1. The van der Waals surface area contributed by atoms with Crippen LogP contribution in [0.15, 0.2) is 42.5 Å². The normalized spacial score (nSPS) is 43.9. The fourth-order valence-corrected chi connectivity index (χ4v) is 4.67. The predicted octanol–water partition coefficient (Wildman–Crippen LogP) is 3.68. The average molecular weight is 235 g/mol. The molecule has 3 aliphatic carbocycles. The zero-order valence-electron chi connectivity index (χ0n) is 10.4. The van der Waals surface area contributed by atoms with Crippen molar-refractivity contribution in [3.63, 3.8) is 0 Å². The first-order chi connectivity index (χ1) is 8.82. The van der Waals surface area contributed by atoms with Crippen LogP contribution in [0.1, 0.15) is 24.8 Å². The van der Waals surface area contributed by atoms with Crippen molar-refractivity contribution in [1.82, 2.24) is 0 Å². The third-order valence-corrected chi connectivity index (χ3v) is 5.51. The molecule has 0 N–H and O–H groups in total. The first kappa shape index (κ1) is 10.4. The Bertz CT molecular complexity index is 516. The van der Waals surface area contributed by atoms with Gasteiger partial charge in [0.05, 0.1) is 11.5 Å². The molecule has 1 nitrogen and oxygen atoms in total. The van der Waals surface area contributed by atoms with Gasteiger partial charge >= 0.3 is 0 Å². The van der Waals surface area contributed by atoms with Crippen LogP contribution in [0.3, 0.4) is 0 Å². The van der Waals surface area contributed by atoms with Crippen molar-refractivity contribution in [3.05, 3.63) is 48.0 Å². The molecule has 3 aliphatic rings. The van der Waals surface area contributed by atoms with Gasteiger partial charge in [0, 0.05) is 0 Å². The van der Waals surface area contributed by atoms with E-state index in [4.69, 9.17) is 0 Å². The summed E-state index contributed by atoms with van der Waals surface area (Å²) in [5.74, 6) is 3.05. The molecule has 2 fully saturated rings. The summed E-state index contributed by atoms with van der Waals surface area (Å²) in [6, 6.07) is 13.1. The number of fused-ring (bicyclic) bond motifs is 5. The fourth-order valence-electron chi connectivity index (χ4n) is 4.67. The summed E-state index contributed by atoms with van der Waals surface area (Å²) >= 11 is 0. The molecule has 1 aromatic rings. The number of hydrogen-bond donors (Lipinski definition) is 0. The van der Waals surface area contributed by atoms with Crippen molar-refractivity contribution in [2.24, 2.45) is 23.7 Å². The van der Waals surface area contributed by atoms with Gasteiger partial charge in [0.2, 0.25) is 0 Å². The topological polar surface area (TPSA) is 23.8 Å². The highest BCUT2D eigenvalue weighted by Gasteiger charge is 2.55. The summed E-state index contributed by atoms with van der Waals surface area (Å²) in [7, 11) is 0. The Kier molecular flexibility index (Phi) is 2.01. The average Bonchev–Trinajstić information content (AvgIpc) is 3.11. The Morgan fingerprint density at radius 2 is 1.61 bits per heavy atom. The molecule has 4 atom stereocenters. The van der Waals surface area contributed by atoms with E-state index in [1.807, 2.05) is 6.07 Å². The van der Waals surface area contributed by atoms with Crippen molar-refractivity contribution in [3.8, 4) is 6.07 Å². The summed E-state index contributed by atoms with van der Waals surface area (Å²) in [5, 5.41) is 9.75. The molecule has 2 bridgehead atoms. The second-order valence-electron chi connectivity index (χ2n) is 6.24. The van der Waals surface area contributed by atoms with E-state index < -0.39 is 0 Å². The molecule has 0 radical (unpaired) electrons. The van der Waals surface area contributed by atoms with Gasteiger partial charge in [0.25, 0.3) is 0 Å². The van der Waals surface area contributed by atoms with Crippen LogP contribution in [0.4, 0.5) is 0 Å². The third-order valence-electron chi connectivity index (χ3n) is 5.51. The molecule has 2 saturated carbocycles. The largest absolute Gasteiger partial charge is 0.197 e. The van der Waals surface area contributed by atoms with Crippen LogP contribution < -0.4 is 0 Å². The molecular weight excluding hydrogens is 218 g/mol. The number of nitrogens with zero attached hydrogens (tertiary/aromatic N) is 1. The molecule has 0 amide bonds. The first-order valence-electron chi connectivity index (χ1n) is 6.97. The molecule has 1 aromatic carbocycles. The van der Waals surface area contributed by atoms with Crippen LogP contribution in [0.25, 0.3) is 0 Å². The van der Waals surface area contributed by atoms with Crippen LogP contribution in [0.5, 0.6) is 0 Å². The van der Waals surface area contributed by atoms with Crippen molar-refractivity contribution in [2.75, 3.05) is 0 Å². The maximum atomic E-state index is 9.75.